The van der Waals surface area contributed by atoms with Crippen LogP contribution in [0.3, 0.4) is 0 Å². The standard InChI is InChI=1S/C17H19N5O2S2/c1-2-11-25-17-21-20-16(26-17)18-13(23)9-6-10-14-19-15(22-24-14)12-7-4-3-5-8-12/h3-5,7-8H,2,6,9-11H2,1H3,(H,18,20,23). The number of rotatable bonds is 9. The van der Waals surface area contributed by atoms with Gasteiger partial charge < -0.3 is 9.84 Å². The molecular formula is C17H19N5O2S2. The molecule has 1 amide bonds. The fourth-order valence-electron chi connectivity index (χ4n) is 2.15. The van der Waals surface area contributed by atoms with E-state index in [4.69, 9.17) is 4.52 Å². The summed E-state index contributed by atoms with van der Waals surface area (Å²) in [4.78, 5) is 16.4. The first kappa shape index (κ1) is 18.5. The number of hydrogen-bond acceptors (Lipinski definition) is 8. The lowest BCUT2D eigenvalue weighted by Gasteiger charge is -1.99. The van der Waals surface area contributed by atoms with Crippen molar-refractivity contribution >= 4 is 34.1 Å². The average Bonchev–Trinajstić information content (AvgIpc) is 3.30. The topological polar surface area (TPSA) is 93.8 Å². The van der Waals surface area contributed by atoms with Crippen LogP contribution in [-0.4, -0.2) is 32.0 Å². The van der Waals surface area contributed by atoms with Crippen molar-refractivity contribution in [2.45, 2.75) is 36.9 Å². The number of aromatic nitrogens is 4. The van der Waals surface area contributed by atoms with Gasteiger partial charge in [-0.05, 0) is 12.8 Å². The Bertz CT molecular complexity index is 835. The lowest BCUT2D eigenvalue weighted by Crippen LogP contribution is -2.11. The molecule has 3 rings (SSSR count). The molecule has 26 heavy (non-hydrogen) atoms. The molecule has 136 valence electrons. The number of benzene rings is 1. The van der Waals surface area contributed by atoms with Crippen LogP contribution in [0.15, 0.2) is 39.2 Å². The van der Waals surface area contributed by atoms with Gasteiger partial charge in [0.1, 0.15) is 0 Å². The van der Waals surface area contributed by atoms with Crippen molar-refractivity contribution in [3.05, 3.63) is 36.2 Å². The Morgan fingerprint density at radius 1 is 1.27 bits per heavy atom. The molecule has 3 aromatic rings. The average molecular weight is 390 g/mol. The third-order valence-corrected chi connectivity index (χ3v) is 5.55. The minimum absolute atomic E-state index is 0.0870. The normalized spacial score (nSPS) is 10.8. The molecule has 0 fully saturated rings. The highest BCUT2D eigenvalue weighted by atomic mass is 32.2. The second-order valence-electron chi connectivity index (χ2n) is 5.50. The zero-order chi connectivity index (χ0) is 18.2. The van der Waals surface area contributed by atoms with E-state index in [2.05, 4.69) is 32.6 Å². The molecule has 0 unspecified atom stereocenters. The van der Waals surface area contributed by atoms with E-state index >= 15 is 0 Å². The number of carbonyl (C=O) groups is 1. The quantitative estimate of drug-likeness (QED) is 0.436. The number of aryl methyl sites for hydroxylation is 1. The summed E-state index contributed by atoms with van der Waals surface area (Å²) in [7, 11) is 0. The van der Waals surface area contributed by atoms with Gasteiger partial charge >= 0.3 is 0 Å². The molecule has 1 aromatic carbocycles. The first-order valence-electron chi connectivity index (χ1n) is 8.38. The van der Waals surface area contributed by atoms with E-state index in [9.17, 15) is 4.79 Å². The molecule has 7 nitrogen and oxygen atoms in total. The van der Waals surface area contributed by atoms with Crippen molar-refractivity contribution in [3.8, 4) is 11.4 Å². The summed E-state index contributed by atoms with van der Waals surface area (Å²) in [5.74, 6) is 2.01. The van der Waals surface area contributed by atoms with E-state index in [-0.39, 0.29) is 5.91 Å². The molecule has 0 atom stereocenters. The smallest absolute Gasteiger partial charge is 0.226 e. The SMILES string of the molecule is CCCSc1nnc(NC(=O)CCCc2nc(-c3ccccc3)no2)s1. The molecule has 0 aliphatic heterocycles. The molecule has 2 aromatic heterocycles. The van der Waals surface area contributed by atoms with Crippen LogP contribution in [0.1, 0.15) is 32.1 Å². The molecule has 0 aliphatic rings. The van der Waals surface area contributed by atoms with E-state index in [1.807, 2.05) is 30.3 Å². The lowest BCUT2D eigenvalue weighted by molar-refractivity contribution is -0.116. The van der Waals surface area contributed by atoms with Gasteiger partial charge in [0.15, 0.2) is 4.34 Å². The largest absolute Gasteiger partial charge is 0.339 e. The third kappa shape index (κ3) is 5.37. The first-order valence-corrected chi connectivity index (χ1v) is 10.2. The van der Waals surface area contributed by atoms with Crippen molar-refractivity contribution < 1.29 is 9.32 Å². The van der Waals surface area contributed by atoms with Gasteiger partial charge in [0.25, 0.3) is 0 Å². The Morgan fingerprint density at radius 2 is 2.12 bits per heavy atom. The maximum absolute atomic E-state index is 12.0. The van der Waals surface area contributed by atoms with Crippen LogP contribution in [0.25, 0.3) is 11.4 Å². The Kier molecular flexibility index (Phi) is 6.73. The van der Waals surface area contributed by atoms with E-state index in [0.29, 0.717) is 36.1 Å². The highest BCUT2D eigenvalue weighted by molar-refractivity contribution is 8.01. The molecule has 0 aliphatic carbocycles. The summed E-state index contributed by atoms with van der Waals surface area (Å²) in [6.45, 7) is 2.11. The number of nitrogens with zero attached hydrogens (tertiary/aromatic N) is 4. The van der Waals surface area contributed by atoms with Crippen LogP contribution < -0.4 is 5.32 Å². The number of hydrogen-bond donors (Lipinski definition) is 1. The molecule has 0 radical (unpaired) electrons. The molecule has 0 saturated carbocycles. The van der Waals surface area contributed by atoms with Crippen molar-refractivity contribution in [2.75, 3.05) is 11.1 Å². The fourth-order valence-corrected chi connectivity index (χ4v) is 3.84. The van der Waals surface area contributed by atoms with Gasteiger partial charge in [0.2, 0.25) is 22.8 Å². The third-order valence-electron chi connectivity index (χ3n) is 3.38. The van der Waals surface area contributed by atoms with Crippen LogP contribution in [0.5, 0.6) is 0 Å². The maximum atomic E-state index is 12.0. The number of amides is 1. The van der Waals surface area contributed by atoms with E-state index in [1.54, 1.807) is 11.8 Å². The Balaban J connectivity index is 1.42. The summed E-state index contributed by atoms with van der Waals surface area (Å²) in [6, 6.07) is 9.64. The fraction of sp³-hybridized carbons (Fsp3) is 0.353. The van der Waals surface area contributed by atoms with Gasteiger partial charge in [0.05, 0.1) is 0 Å². The van der Waals surface area contributed by atoms with E-state index < -0.39 is 0 Å². The van der Waals surface area contributed by atoms with Gasteiger partial charge in [-0.15, -0.1) is 10.2 Å². The van der Waals surface area contributed by atoms with Gasteiger partial charge in [-0.1, -0.05) is 65.5 Å². The van der Waals surface area contributed by atoms with E-state index in [1.165, 1.54) is 11.3 Å². The Labute approximate surface area is 159 Å². The number of nitrogens with one attached hydrogen (secondary N) is 1. The minimum atomic E-state index is -0.0870. The highest BCUT2D eigenvalue weighted by Gasteiger charge is 2.11. The van der Waals surface area contributed by atoms with Crippen LogP contribution in [-0.2, 0) is 11.2 Å². The molecule has 2 heterocycles. The Hall–Kier alpha value is -2.26. The van der Waals surface area contributed by atoms with Crippen LogP contribution in [0.4, 0.5) is 5.13 Å². The molecule has 1 N–H and O–H groups in total. The predicted molar refractivity (Wildman–Crippen MR) is 102 cm³/mol. The molecule has 9 heteroatoms. The zero-order valence-corrected chi connectivity index (χ0v) is 16.0. The van der Waals surface area contributed by atoms with Gasteiger partial charge in [0, 0.05) is 24.2 Å². The zero-order valence-electron chi connectivity index (χ0n) is 14.3. The van der Waals surface area contributed by atoms with Gasteiger partial charge in [-0.25, -0.2) is 0 Å². The number of anilines is 1. The van der Waals surface area contributed by atoms with Crippen LogP contribution >= 0.6 is 23.1 Å². The highest BCUT2D eigenvalue weighted by Crippen LogP contribution is 2.26. The number of carbonyl (C=O) groups excluding carboxylic acids is 1. The number of thioether (sulfide) groups is 1. The molecular weight excluding hydrogens is 370 g/mol. The van der Waals surface area contributed by atoms with Crippen molar-refractivity contribution in [2.24, 2.45) is 0 Å². The van der Waals surface area contributed by atoms with Crippen molar-refractivity contribution in [1.82, 2.24) is 20.3 Å². The van der Waals surface area contributed by atoms with Crippen molar-refractivity contribution in [1.29, 1.82) is 0 Å². The van der Waals surface area contributed by atoms with Gasteiger partial charge in [-0.2, -0.15) is 4.98 Å². The first-order chi connectivity index (χ1) is 12.7. The summed E-state index contributed by atoms with van der Waals surface area (Å²) in [5, 5.41) is 15.3. The van der Waals surface area contributed by atoms with Crippen LogP contribution in [0, 0.1) is 0 Å². The molecule has 0 saturated heterocycles. The van der Waals surface area contributed by atoms with E-state index in [0.717, 1.165) is 22.1 Å². The maximum Gasteiger partial charge on any atom is 0.226 e. The van der Waals surface area contributed by atoms with Gasteiger partial charge in [-0.3, -0.25) is 4.79 Å². The monoisotopic (exact) mass is 389 g/mol. The molecule has 0 bridgehead atoms. The lowest BCUT2D eigenvalue weighted by atomic mass is 10.2. The molecule has 0 spiro atoms. The summed E-state index contributed by atoms with van der Waals surface area (Å²) in [5.41, 5.74) is 0.910. The second-order valence-corrected chi connectivity index (χ2v) is 7.82. The van der Waals surface area contributed by atoms with Crippen LogP contribution in [0.2, 0.25) is 0 Å². The summed E-state index contributed by atoms with van der Waals surface area (Å²) < 4.78 is 6.12. The predicted octanol–water partition coefficient (Wildman–Crippen LogP) is 4.05. The minimum Gasteiger partial charge on any atom is -0.339 e. The Morgan fingerprint density at radius 3 is 2.92 bits per heavy atom. The second kappa shape index (κ2) is 9.44. The van der Waals surface area contributed by atoms with Crippen molar-refractivity contribution in [3.63, 3.8) is 0 Å². The summed E-state index contributed by atoms with van der Waals surface area (Å²) >= 11 is 3.05. The summed E-state index contributed by atoms with van der Waals surface area (Å²) in [6.07, 6.45) is 2.62.